The quantitative estimate of drug-likeness (QED) is 0.691. The minimum absolute atomic E-state index is 0.263. The van der Waals surface area contributed by atoms with E-state index in [0.717, 1.165) is 36.0 Å². The molecule has 1 saturated heterocycles. The molecule has 0 unspecified atom stereocenters. The molecule has 3 aromatic rings. The van der Waals surface area contributed by atoms with Crippen molar-refractivity contribution in [3.8, 4) is 5.82 Å². The maximum Gasteiger partial charge on any atom is 0.271 e. The Labute approximate surface area is 172 Å². The molecule has 28 heavy (non-hydrogen) atoms. The maximum atomic E-state index is 12.4. The van der Waals surface area contributed by atoms with Crippen LogP contribution in [0.15, 0.2) is 49.2 Å². The molecule has 1 fully saturated rings. The van der Waals surface area contributed by atoms with Crippen LogP contribution in [0, 0.1) is 0 Å². The number of amides is 1. The van der Waals surface area contributed by atoms with Crippen LogP contribution >= 0.6 is 23.4 Å². The normalized spacial score (nSPS) is 14.1. The highest BCUT2D eigenvalue weighted by Gasteiger charge is 2.15. The molecule has 9 heteroatoms. The molecule has 1 amide bonds. The first-order valence-corrected chi connectivity index (χ1v) is 10.4. The van der Waals surface area contributed by atoms with E-state index in [0.29, 0.717) is 23.1 Å². The number of carbonyl (C=O) groups is 1. The SMILES string of the molecule is O=C(NCc1ccccc1Cl)c1cn(-c2cc(N3CCSCC3)ncn2)cn1. The summed E-state index contributed by atoms with van der Waals surface area (Å²) in [7, 11) is 0. The topological polar surface area (TPSA) is 75.9 Å². The summed E-state index contributed by atoms with van der Waals surface area (Å²) in [5.41, 5.74) is 1.18. The summed E-state index contributed by atoms with van der Waals surface area (Å²) in [4.78, 5) is 27.6. The van der Waals surface area contributed by atoms with Gasteiger partial charge in [-0.1, -0.05) is 29.8 Å². The molecule has 1 aliphatic rings. The Balaban J connectivity index is 1.45. The van der Waals surface area contributed by atoms with Gasteiger partial charge < -0.3 is 10.2 Å². The lowest BCUT2D eigenvalue weighted by molar-refractivity contribution is 0.0946. The first-order chi connectivity index (χ1) is 13.7. The Bertz CT molecular complexity index is 972. The van der Waals surface area contributed by atoms with Crippen LogP contribution in [-0.2, 0) is 6.54 Å². The Hall–Kier alpha value is -2.58. The number of thioether (sulfide) groups is 1. The van der Waals surface area contributed by atoms with Crippen molar-refractivity contribution in [2.45, 2.75) is 6.54 Å². The van der Waals surface area contributed by atoms with Gasteiger partial charge in [0, 0.05) is 48.4 Å². The van der Waals surface area contributed by atoms with Gasteiger partial charge in [0.25, 0.3) is 5.91 Å². The average molecular weight is 415 g/mol. The number of anilines is 1. The van der Waals surface area contributed by atoms with Crippen LogP contribution in [0.3, 0.4) is 0 Å². The number of hydrogen-bond acceptors (Lipinski definition) is 6. The largest absolute Gasteiger partial charge is 0.355 e. The summed E-state index contributed by atoms with van der Waals surface area (Å²) >= 11 is 8.08. The number of carbonyl (C=O) groups excluding carboxylic acids is 1. The fraction of sp³-hybridized carbons (Fsp3) is 0.263. The first-order valence-electron chi connectivity index (χ1n) is 8.91. The van der Waals surface area contributed by atoms with Gasteiger partial charge in [-0.25, -0.2) is 15.0 Å². The second-order valence-corrected chi connectivity index (χ2v) is 7.91. The number of nitrogens with zero attached hydrogens (tertiary/aromatic N) is 5. The number of rotatable bonds is 5. The number of benzene rings is 1. The van der Waals surface area contributed by atoms with Gasteiger partial charge in [-0.15, -0.1) is 0 Å². The van der Waals surface area contributed by atoms with Gasteiger partial charge in [-0.05, 0) is 11.6 Å². The van der Waals surface area contributed by atoms with E-state index in [9.17, 15) is 4.79 Å². The highest BCUT2D eigenvalue weighted by molar-refractivity contribution is 7.99. The van der Waals surface area contributed by atoms with E-state index in [2.05, 4.69) is 25.2 Å². The molecule has 0 spiro atoms. The van der Waals surface area contributed by atoms with E-state index in [1.165, 1.54) is 0 Å². The lowest BCUT2D eigenvalue weighted by Gasteiger charge is -2.27. The fourth-order valence-electron chi connectivity index (χ4n) is 2.92. The van der Waals surface area contributed by atoms with Gasteiger partial charge in [-0.2, -0.15) is 11.8 Å². The van der Waals surface area contributed by atoms with Gasteiger partial charge in [0.1, 0.15) is 30.0 Å². The monoisotopic (exact) mass is 414 g/mol. The van der Waals surface area contributed by atoms with Crippen molar-refractivity contribution in [1.82, 2.24) is 24.8 Å². The Morgan fingerprint density at radius 1 is 1.14 bits per heavy atom. The summed E-state index contributed by atoms with van der Waals surface area (Å²) < 4.78 is 1.73. The Kier molecular flexibility index (Phi) is 5.78. The summed E-state index contributed by atoms with van der Waals surface area (Å²) in [6.45, 7) is 2.29. The standard InChI is InChI=1S/C19H19ClN6OS/c20-15-4-2-1-3-14(15)10-21-19(27)16-11-26(13-24-16)18-9-17(22-12-23-18)25-5-7-28-8-6-25/h1-4,9,11-13H,5-8,10H2,(H,21,27). The molecular weight excluding hydrogens is 396 g/mol. The van der Waals surface area contributed by atoms with E-state index >= 15 is 0 Å². The van der Waals surface area contributed by atoms with Gasteiger partial charge >= 0.3 is 0 Å². The molecule has 4 rings (SSSR count). The number of halogens is 1. The minimum atomic E-state index is -0.263. The van der Waals surface area contributed by atoms with Crippen molar-refractivity contribution in [3.05, 3.63) is 65.5 Å². The third-order valence-electron chi connectivity index (χ3n) is 4.45. The molecule has 2 aromatic heterocycles. The zero-order chi connectivity index (χ0) is 19.3. The van der Waals surface area contributed by atoms with Crippen molar-refractivity contribution in [1.29, 1.82) is 0 Å². The second-order valence-electron chi connectivity index (χ2n) is 6.27. The number of aromatic nitrogens is 4. The zero-order valence-electron chi connectivity index (χ0n) is 15.1. The number of nitrogens with one attached hydrogen (secondary N) is 1. The van der Waals surface area contributed by atoms with E-state index in [1.807, 2.05) is 36.0 Å². The average Bonchev–Trinajstić information content (AvgIpc) is 3.24. The first kappa shape index (κ1) is 18.8. The van der Waals surface area contributed by atoms with Crippen molar-refractivity contribution < 1.29 is 4.79 Å². The van der Waals surface area contributed by atoms with Crippen molar-refractivity contribution in [2.75, 3.05) is 29.5 Å². The molecule has 1 aromatic carbocycles. The van der Waals surface area contributed by atoms with Crippen LogP contribution in [0.1, 0.15) is 16.1 Å². The maximum absolute atomic E-state index is 12.4. The molecular formula is C19H19ClN6OS. The van der Waals surface area contributed by atoms with Gasteiger partial charge in [0.2, 0.25) is 0 Å². The third-order valence-corrected chi connectivity index (χ3v) is 5.76. The fourth-order valence-corrected chi connectivity index (χ4v) is 4.02. The van der Waals surface area contributed by atoms with Crippen LogP contribution < -0.4 is 10.2 Å². The van der Waals surface area contributed by atoms with Gasteiger partial charge in [0.15, 0.2) is 0 Å². The van der Waals surface area contributed by atoms with E-state index in [1.54, 1.807) is 29.5 Å². The predicted molar refractivity (Wildman–Crippen MR) is 111 cm³/mol. The van der Waals surface area contributed by atoms with Crippen molar-refractivity contribution >= 4 is 35.1 Å². The summed E-state index contributed by atoms with van der Waals surface area (Å²) in [6.07, 6.45) is 4.80. The molecule has 0 radical (unpaired) electrons. The number of hydrogen-bond donors (Lipinski definition) is 1. The molecule has 7 nitrogen and oxygen atoms in total. The molecule has 0 aliphatic carbocycles. The highest BCUT2D eigenvalue weighted by Crippen LogP contribution is 2.19. The van der Waals surface area contributed by atoms with E-state index < -0.39 is 0 Å². The molecule has 0 saturated carbocycles. The van der Waals surface area contributed by atoms with E-state index in [-0.39, 0.29) is 5.91 Å². The smallest absolute Gasteiger partial charge is 0.271 e. The molecule has 1 aliphatic heterocycles. The predicted octanol–water partition coefficient (Wildman–Crippen LogP) is 2.80. The lowest BCUT2D eigenvalue weighted by Crippen LogP contribution is -2.33. The molecule has 3 heterocycles. The third kappa shape index (κ3) is 4.28. The van der Waals surface area contributed by atoms with Crippen molar-refractivity contribution in [2.24, 2.45) is 0 Å². The Morgan fingerprint density at radius 2 is 1.93 bits per heavy atom. The summed E-state index contributed by atoms with van der Waals surface area (Å²) in [5, 5.41) is 3.46. The summed E-state index contributed by atoms with van der Waals surface area (Å²) in [5.74, 6) is 3.51. The number of imidazole rings is 1. The van der Waals surface area contributed by atoms with Crippen LogP contribution in [0.4, 0.5) is 5.82 Å². The van der Waals surface area contributed by atoms with Gasteiger partial charge in [-0.3, -0.25) is 9.36 Å². The minimum Gasteiger partial charge on any atom is -0.355 e. The van der Waals surface area contributed by atoms with E-state index in [4.69, 9.17) is 11.6 Å². The Morgan fingerprint density at radius 3 is 2.75 bits per heavy atom. The highest BCUT2D eigenvalue weighted by atomic mass is 35.5. The van der Waals surface area contributed by atoms with Gasteiger partial charge in [0.05, 0.1) is 0 Å². The zero-order valence-corrected chi connectivity index (χ0v) is 16.7. The molecule has 144 valence electrons. The molecule has 0 atom stereocenters. The van der Waals surface area contributed by atoms with Crippen LogP contribution in [0.5, 0.6) is 0 Å². The molecule has 1 N–H and O–H groups in total. The van der Waals surface area contributed by atoms with Crippen LogP contribution in [0.2, 0.25) is 5.02 Å². The second kappa shape index (κ2) is 8.62. The lowest BCUT2D eigenvalue weighted by atomic mass is 10.2. The van der Waals surface area contributed by atoms with Crippen LogP contribution in [-0.4, -0.2) is 50.0 Å². The molecule has 0 bridgehead atoms. The van der Waals surface area contributed by atoms with Crippen LogP contribution in [0.25, 0.3) is 5.82 Å². The summed E-state index contributed by atoms with van der Waals surface area (Å²) in [6, 6.07) is 9.33. The van der Waals surface area contributed by atoms with Crippen molar-refractivity contribution in [3.63, 3.8) is 0 Å².